The molecule has 0 fully saturated rings. The lowest BCUT2D eigenvalue weighted by molar-refractivity contribution is 0.0523. The topological polar surface area (TPSA) is 51.2 Å². The van der Waals surface area contributed by atoms with Crippen LogP contribution >= 0.6 is 0 Å². The predicted octanol–water partition coefficient (Wildman–Crippen LogP) is 2.41. The van der Waals surface area contributed by atoms with E-state index in [4.69, 9.17) is 11.6 Å². The molecular weight excluding hydrogens is 204 g/mol. The van der Waals surface area contributed by atoms with E-state index in [0.717, 1.165) is 6.20 Å². The van der Waals surface area contributed by atoms with Crippen LogP contribution in [0.5, 0.6) is 0 Å². The molecule has 1 rings (SSSR count). The number of rotatable bonds is 2. The molecule has 1 aromatic rings. The van der Waals surface area contributed by atoms with Crippen molar-refractivity contribution in [1.82, 2.24) is 10.3 Å². The molecule has 0 aliphatic rings. The van der Waals surface area contributed by atoms with Gasteiger partial charge in [-0.2, -0.15) is 0 Å². The third-order valence-corrected chi connectivity index (χ3v) is 1.45. The van der Waals surface area contributed by atoms with Crippen LogP contribution in [0.15, 0.2) is 18.3 Å². The lowest BCUT2D eigenvalue weighted by atomic mass is 10.2. The van der Waals surface area contributed by atoms with E-state index < -0.39 is 25.0 Å². The molecule has 0 aliphatic heterocycles. The molecule has 0 spiro atoms. The molecule has 0 unspecified atom stereocenters. The number of alkyl carbamates (subject to hydrolysis) is 1. The lowest BCUT2D eigenvalue weighted by Crippen LogP contribution is -2.32. The van der Waals surface area contributed by atoms with Crippen LogP contribution in [0.1, 0.15) is 38.9 Å². The van der Waals surface area contributed by atoms with Crippen molar-refractivity contribution in [3.63, 3.8) is 0 Å². The van der Waals surface area contributed by atoms with Gasteiger partial charge in [0, 0.05) is 10.3 Å². The number of amides is 1. The van der Waals surface area contributed by atoms with Crippen molar-refractivity contribution in [1.29, 1.82) is 0 Å². The quantitative estimate of drug-likeness (QED) is 0.844. The minimum Gasteiger partial charge on any atom is -0.444 e. The van der Waals surface area contributed by atoms with Crippen molar-refractivity contribution in [2.45, 2.75) is 39.7 Å². The van der Waals surface area contributed by atoms with Gasteiger partial charge in [0.25, 0.3) is 0 Å². The van der Waals surface area contributed by atoms with Gasteiger partial charge < -0.3 is 10.1 Å². The Morgan fingerprint density at radius 1 is 1.62 bits per heavy atom. The van der Waals surface area contributed by atoms with Crippen LogP contribution in [0, 0.1) is 6.85 Å². The van der Waals surface area contributed by atoms with Crippen LogP contribution in [-0.4, -0.2) is 16.7 Å². The molecular formula is C12H18N2O2. The van der Waals surface area contributed by atoms with E-state index in [-0.39, 0.29) is 11.3 Å². The van der Waals surface area contributed by atoms with Crippen LogP contribution in [0.4, 0.5) is 4.79 Å². The molecule has 0 saturated heterocycles. The Labute approximate surface area is 103 Å². The molecule has 4 heteroatoms. The van der Waals surface area contributed by atoms with E-state index in [9.17, 15) is 4.79 Å². The fourth-order valence-electron chi connectivity index (χ4n) is 0.886. The maximum atomic E-state index is 11.6. The van der Waals surface area contributed by atoms with Crippen molar-refractivity contribution < 1.29 is 16.4 Å². The van der Waals surface area contributed by atoms with Crippen molar-refractivity contribution >= 4 is 6.09 Å². The molecule has 0 atom stereocenters. The van der Waals surface area contributed by atoms with E-state index in [0.29, 0.717) is 0 Å². The van der Waals surface area contributed by atoms with Gasteiger partial charge in [-0.15, -0.1) is 0 Å². The summed E-state index contributed by atoms with van der Waals surface area (Å²) in [5.74, 6) is 0. The SMILES string of the molecule is [2H]C([2H])([2H])c1ccc(C([2H])([2H])NC(=O)OC(C)(C)C)nc1. The second-order valence-electron chi connectivity index (χ2n) is 4.18. The molecule has 1 heterocycles. The number of nitrogens with one attached hydrogen (secondary N) is 1. The zero-order chi connectivity index (χ0) is 16.5. The van der Waals surface area contributed by atoms with Crippen molar-refractivity contribution in [3.05, 3.63) is 29.6 Å². The fraction of sp³-hybridized carbons (Fsp3) is 0.500. The summed E-state index contributed by atoms with van der Waals surface area (Å²) in [6.45, 7) is 0.398. The molecule has 0 radical (unpaired) electrons. The summed E-state index contributed by atoms with van der Waals surface area (Å²) in [5.41, 5.74) is -0.862. The number of pyridine rings is 1. The van der Waals surface area contributed by atoms with Crippen molar-refractivity contribution in [2.24, 2.45) is 0 Å². The smallest absolute Gasteiger partial charge is 0.407 e. The minimum absolute atomic E-state index is 0.000631. The zero-order valence-corrected chi connectivity index (χ0v) is 9.50. The van der Waals surface area contributed by atoms with Crippen LogP contribution in [0.25, 0.3) is 0 Å². The van der Waals surface area contributed by atoms with Crippen LogP contribution in [-0.2, 0) is 11.2 Å². The van der Waals surface area contributed by atoms with Gasteiger partial charge in [-0.25, -0.2) is 4.79 Å². The van der Waals surface area contributed by atoms with Crippen molar-refractivity contribution in [2.75, 3.05) is 0 Å². The monoisotopic (exact) mass is 227 g/mol. The molecule has 4 nitrogen and oxygen atoms in total. The van der Waals surface area contributed by atoms with Gasteiger partial charge in [-0.1, -0.05) is 6.07 Å². The van der Waals surface area contributed by atoms with Gasteiger partial charge in [0.2, 0.25) is 0 Å². The highest BCUT2D eigenvalue weighted by Gasteiger charge is 2.15. The summed E-state index contributed by atoms with van der Waals surface area (Å²) >= 11 is 0. The van der Waals surface area contributed by atoms with Crippen LogP contribution < -0.4 is 5.32 Å². The maximum absolute atomic E-state index is 11.6. The van der Waals surface area contributed by atoms with E-state index >= 15 is 0 Å². The van der Waals surface area contributed by atoms with Gasteiger partial charge in [0.1, 0.15) is 5.60 Å². The first kappa shape index (κ1) is 6.89. The Hall–Kier alpha value is -1.58. The molecule has 1 N–H and O–H groups in total. The third-order valence-electron chi connectivity index (χ3n) is 1.45. The average Bonchev–Trinajstić information content (AvgIpc) is 2.24. The predicted molar refractivity (Wildman–Crippen MR) is 62.0 cm³/mol. The number of nitrogens with zero attached hydrogens (tertiary/aromatic N) is 1. The second kappa shape index (κ2) is 4.96. The van der Waals surface area contributed by atoms with Gasteiger partial charge >= 0.3 is 6.09 Å². The van der Waals surface area contributed by atoms with E-state index in [1.54, 1.807) is 20.8 Å². The Morgan fingerprint density at radius 3 is 2.88 bits per heavy atom. The highest BCUT2D eigenvalue weighted by atomic mass is 16.6. The van der Waals surface area contributed by atoms with Gasteiger partial charge in [-0.05, 0) is 39.3 Å². The molecule has 1 aromatic heterocycles. The van der Waals surface area contributed by atoms with Crippen LogP contribution in [0.2, 0.25) is 0 Å². The maximum Gasteiger partial charge on any atom is 0.407 e. The third kappa shape index (κ3) is 4.77. The summed E-state index contributed by atoms with van der Waals surface area (Å²) in [6, 6.07) is 2.48. The standard InChI is InChI=1S/C12H18N2O2/c1-9-5-6-10(13-7-9)8-14-11(15)16-12(2,3)4/h5-7H,8H2,1-4H3,(H,14,15)/i1D3,8D2. The number of aryl methyl sites for hydroxylation is 1. The summed E-state index contributed by atoms with van der Waals surface area (Å²) in [7, 11) is 0. The van der Waals surface area contributed by atoms with Gasteiger partial charge in [-0.3, -0.25) is 4.98 Å². The second-order valence-corrected chi connectivity index (χ2v) is 4.18. The first-order valence-electron chi connectivity index (χ1n) is 7.29. The lowest BCUT2D eigenvalue weighted by Gasteiger charge is -2.19. The molecule has 16 heavy (non-hydrogen) atoms. The van der Waals surface area contributed by atoms with Crippen molar-refractivity contribution in [3.8, 4) is 0 Å². The average molecular weight is 227 g/mol. The molecule has 88 valence electrons. The number of carbonyl (C=O) groups excluding carboxylic acids is 1. The molecule has 0 aliphatic carbocycles. The normalized spacial score (nSPS) is 17.3. The molecule has 0 saturated carbocycles. The fourth-order valence-corrected chi connectivity index (χ4v) is 0.886. The van der Waals surface area contributed by atoms with Gasteiger partial charge in [0.05, 0.1) is 14.9 Å². The molecule has 0 bridgehead atoms. The summed E-state index contributed by atoms with van der Waals surface area (Å²) in [5, 5.41) is 2.06. The number of hydrogen-bond donors (Lipinski definition) is 1. The van der Waals surface area contributed by atoms with E-state index in [1.165, 1.54) is 12.1 Å². The summed E-state index contributed by atoms with van der Waals surface area (Å²) < 4.78 is 42.2. The van der Waals surface area contributed by atoms with Crippen LogP contribution in [0.3, 0.4) is 0 Å². The Morgan fingerprint density at radius 2 is 2.38 bits per heavy atom. The number of ether oxygens (including phenoxy) is 1. The summed E-state index contributed by atoms with van der Waals surface area (Å²) in [4.78, 5) is 15.3. The number of aromatic nitrogens is 1. The largest absolute Gasteiger partial charge is 0.444 e. The first-order chi connectivity index (χ1) is 9.31. The molecule has 0 aromatic carbocycles. The summed E-state index contributed by atoms with van der Waals surface area (Å²) in [6.07, 6.45) is 0.144. The number of hydrogen-bond acceptors (Lipinski definition) is 3. The van der Waals surface area contributed by atoms with E-state index in [1.807, 2.05) is 0 Å². The Balaban J connectivity index is 2.86. The van der Waals surface area contributed by atoms with E-state index in [2.05, 4.69) is 10.3 Å². The Kier molecular flexibility index (Phi) is 2.14. The highest BCUT2D eigenvalue weighted by Crippen LogP contribution is 2.06. The first-order valence-corrected chi connectivity index (χ1v) is 4.79. The zero-order valence-electron chi connectivity index (χ0n) is 14.5. The molecule has 1 amide bonds. The number of carbonyl (C=O) groups is 1. The Bertz CT molecular complexity index is 506. The van der Waals surface area contributed by atoms with Gasteiger partial charge in [0.15, 0.2) is 0 Å². The minimum atomic E-state index is -2.31. The highest BCUT2D eigenvalue weighted by molar-refractivity contribution is 5.67.